The van der Waals surface area contributed by atoms with E-state index < -0.39 is 5.91 Å². The predicted octanol–water partition coefficient (Wildman–Crippen LogP) is -3.36. The molecule has 0 aliphatic carbocycles. The molecule has 0 spiro atoms. The van der Waals surface area contributed by atoms with Gasteiger partial charge in [0.05, 0.1) is 23.7 Å². The van der Waals surface area contributed by atoms with Crippen LogP contribution in [0.3, 0.4) is 0 Å². The molecule has 34 heavy (non-hydrogen) atoms. The Morgan fingerprint density at radius 1 is 0.941 bits per heavy atom. The minimum atomic E-state index is -0.771. The van der Waals surface area contributed by atoms with Gasteiger partial charge in [0.25, 0.3) is 0 Å². The van der Waals surface area contributed by atoms with E-state index in [4.69, 9.17) is 54.9 Å². The molecule has 0 bridgehead atoms. The normalized spacial score (nSPS) is 11.9. The van der Waals surface area contributed by atoms with E-state index in [9.17, 15) is 4.79 Å². The first kappa shape index (κ1) is 23.8. The second-order valence-corrected chi connectivity index (χ2v) is 7.58. The fourth-order valence-corrected chi connectivity index (χ4v) is 3.44. The number of anilines is 1. The fraction of sp³-hybridized carbons (Fsp3) is 0.0476. The highest BCUT2D eigenvalue weighted by atomic mass is 16.1. The first-order valence-corrected chi connectivity index (χ1v) is 9.91. The van der Waals surface area contributed by atoms with Gasteiger partial charge >= 0.3 is 0 Å². The number of amides is 1. The summed E-state index contributed by atoms with van der Waals surface area (Å²) < 4.78 is 1.88. The molecule has 14 radical (unpaired) electrons. The molecule has 13 heteroatoms. The van der Waals surface area contributed by atoms with Crippen molar-refractivity contribution in [2.24, 2.45) is 7.05 Å². The first-order valence-electron chi connectivity index (χ1n) is 9.91. The number of carbonyl (C=O) groups is 1. The lowest BCUT2D eigenvalue weighted by atomic mass is 9.57. The Morgan fingerprint density at radius 3 is 2.21 bits per heavy atom. The van der Waals surface area contributed by atoms with Gasteiger partial charge < -0.3 is 4.57 Å². The fourth-order valence-electron chi connectivity index (χ4n) is 3.44. The zero-order valence-electron chi connectivity index (χ0n) is 18.2. The highest BCUT2D eigenvalue weighted by Gasteiger charge is 2.16. The second-order valence-electron chi connectivity index (χ2n) is 7.58. The van der Waals surface area contributed by atoms with E-state index in [0.717, 1.165) is 16.6 Å². The summed E-state index contributed by atoms with van der Waals surface area (Å²) in [6.07, 6.45) is 5.02. The number of carbonyl (C=O) groups excluding carboxylic acids is 1. The number of nitrogens with zero attached hydrogens (tertiary/aromatic N) is 4. The van der Waals surface area contributed by atoms with Gasteiger partial charge in [-0.1, -0.05) is 28.5 Å². The average molecular weight is 424 g/mol. The second kappa shape index (κ2) is 9.13. The number of hydrogen-bond acceptors (Lipinski definition) is 4. The van der Waals surface area contributed by atoms with E-state index in [-0.39, 0.29) is 49.8 Å². The molecule has 2 heterocycles. The van der Waals surface area contributed by atoms with Gasteiger partial charge in [-0.2, -0.15) is 0 Å². The Kier molecular flexibility index (Phi) is 6.39. The van der Waals surface area contributed by atoms with Crippen LogP contribution in [0.4, 0.5) is 5.95 Å². The molecular formula is C21H10B7N5O. The number of hydrogen-bond donors (Lipinski definition) is 1. The van der Waals surface area contributed by atoms with Crippen molar-refractivity contribution in [3.63, 3.8) is 0 Å². The summed E-state index contributed by atoms with van der Waals surface area (Å²) in [5.41, 5.74) is 1.75. The van der Waals surface area contributed by atoms with Crippen LogP contribution in [0.25, 0.3) is 27.6 Å². The molecule has 0 unspecified atom stereocenters. The lowest BCUT2D eigenvalue weighted by Gasteiger charge is -2.23. The van der Waals surface area contributed by atoms with Crippen molar-refractivity contribution >= 4 is 110 Å². The largest absolute Gasteiger partial charge is 0.334 e. The number of aryl methyl sites for hydroxylation is 1. The SMILES string of the molecule is [B]/C(C(=O)Nc1ncc2ccc(-c3cncn3C)cc2n1)=C(/[B])c1c([B])c([B])c([B])c([B])c1[B]. The van der Waals surface area contributed by atoms with Crippen LogP contribution in [-0.2, 0) is 11.8 Å². The number of fused-ring (bicyclic) bond motifs is 1. The topological polar surface area (TPSA) is 72.7 Å². The van der Waals surface area contributed by atoms with Crippen molar-refractivity contribution in [3.8, 4) is 11.3 Å². The lowest BCUT2D eigenvalue weighted by molar-refractivity contribution is -0.112. The van der Waals surface area contributed by atoms with Gasteiger partial charge in [0.2, 0.25) is 11.9 Å². The molecule has 0 fully saturated rings. The van der Waals surface area contributed by atoms with Crippen LogP contribution < -0.4 is 32.6 Å². The van der Waals surface area contributed by atoms with Crippen LogP contribution in [0, 0.1) is 0 Å². The molecule has 2 aromatic carbocycles. The highest BCUT2D eigenvalue weighted by molar-refractivity contribution is 6.70. The summed E-state index contributed by atoms with van der Waals surface area (Å²) in [4.78, 5) is 25.5. The van der Waals surface area contributed by atoms with Gasteiger partial charge in [0.15, 0.2) is 0 Å². The molecule has 0 aliphatic rings. The first-order chi connectivity index (χ1) is 16.1. The van der Waals surface area contributed by atoms with Crippen LogP contribution in [0.5, 0.6) is 0 Å². The van der Waals surface area contributed by atoms with E-state index >= 15 is 0 Å². The highest BCUT2D eigenvalue weighted by Crippen LogP contribution is 2.23. The zero-order chi connectivity index (χ0) is 24.7. The molecule has 0 aliphatic heterocycles. The quantitative estimate of drug-likeness (QED) is 0.275. The van der Waals surface area contributed by atoms with Crippen molar-refractivity contribution in [1.29, 1.82) is 0 Å². The molecule has 0 saturated carbocycles. The molecule has 1 N–H and O–H groups in total. The van der Waals surface area contributed by atoms with E-state index in [0.29, 0.717) is 5.52 Å². The summed E-state index contributed by atoms with van der Waals surface area (Å²) in [6.45, 7) is 0. The van der Waals surface area contributed by atoms with E-state index in [1.165, 1.54) is 0 Å². The van der Waals surface area contributed by atoms with Gasteiger partial charge in [0.1, 0.15) is 54.9 Å². The monoisotopic (exact) mass is 425 g/mol. The summed E-state index contributed by atoms with van der Waals surface area (Å²) in [7, 11) is 43.5. The Labute approximate surface area is 206 Å². The van der Waals surface area contributed by atoms with E-state index in [2.05, 4.69) is 20.3 Å². The third-order valence-electron chi connectivity index (χ3n) is 5.42. The maximum Gasteiger partial charge on any atom is 0.243 e. The van der Waals surface area contributed by atoms with Crippen LogP contribution in [-0.4, -0.2) is 80.4 Å². The number of imidazole rings is 1. The Morgan fingerprint density at radius 2 is 1.59 bits per heavy atom. The number of rotatable bonds is 4. The van der Waals surface area contributed by atoms with Crippen LogP contribution in [0.1, 0.15) is 5.56 Å². The molecule has 2 aromatic heterocycles. The minimum absolute atomic E-state index is 0.0139. The molecule has 0 saturated heterocycles. The van der Waals surface area contributed by atoms with Crippen molar-refractivity contribution in [2.45, 2.75) is 0 Å². The maximum atomic E-state index is 12.8. The van der Waals surface area contributed by atoms with Crippen LogP contribution in [0.2, 0.25) is 0 Å². The van der Waals surface area contributed by atoms with E-state index in [1.807, 2.05) is 29.8 Å². The average Bonchev–Trinajstić information content (AvgIpc) is 3.26. The molecule has 4 aromatic rings. The van der Waals surface area contributed by atoms with Crippen molar-refractivity contribution in [2.75, 3.05) is 5.32 Å². The molecular weight excluding hydrogens is 414 g/mol. The van der Waals surface area contributed by atoms with Gasteiger partial charge in [-0.25, -0.2) is 15.0 Å². The molecule has 6 nitrogen and oxygen atoms in total. The van der Waals surface area contributed by atoms with Crippen LogP contribution >= 0.6 is 0 Å². The van der Waals surface area contributed by atoms with Crippen LogP contribution in [0.15, 0.2) is 42.4 Å². The van der Waals surface area contributed by atoms with Gasteiger partial charge in [0, 0.05) is 24.2 Å². The molecule has 4 rings (SSSR count). The number of benzene rings is 2. The lowest BCUT2D eigenvalue weighted by Crippen LogP contribution is -2.56. The smallest absolute Gasteiger partial charge is 0.243 e. The van der Waals surface area contributed by atoms with Gasteiger partial charge in [-0.15, -0.1) is 16.4 Å². The molecule has 0 atom stereocenters. The summed E-state index contributed by atoms with van der Waals surface area (Å²) in [5.74, 6) is -0.750. The Bertz CT molecular complexity index is 1470. The number of nitrogens with one attached hydrogen (secondary N) is 1. The van der Waals surface area contributed by atoms with Gasteiger partial charge in [-0.3, -0.25) is 10.1 Å². The van der Waals surface area contributed by atoms with Crippen molar-refractivity contribution in [3.05, 3.63) is 48.0 Å². The van der Waals surface area contributed by atoms with Gasteiger partial charge in [-0.05, 0) is 17.1 Å². The Balaban J connectivity index is 1.68. The number of aromatic nitrogens is 4. The molecule has 146 valence electrons. The maximum absolute atomic E-state index is 12.8. The van der Waals surface area contributed by atoms with E-state index in [1.54, 1.807) is 18.7 Å². The summed E-state index contributed by atoms with van der Waals surface area (Å²) >= 11 is 0. The third-order valence-corrected chi connectivity index (χ3v) is 5.42. The standard InChI is InChI=1S/C21H10B7N5O/c1-33-7-29-6-11(33)8-2-3-9-5-30-21(31-10(9)4-8)32-20(34)19(28)15(24)12-13(22)16(25)18(27)17(26)14(12)23/h2-7H,1H3,(H,30,31,32,34)/b19-15+. The Hall–Kier alpha value is -3.35. The predicted molar refractivity (Wildman–Crippen MR) is 142 cm³/mol. The summed E-state index contributed by atoms with van der Waals surface area (Å²) in [5, 5.41) is 3.30. The summed E-state index contributed by atoms with van der Waals surface area (Å²) in [6, 6.07) is 5.66. The third kappa shape index (κ3) is 4.15. The minimum Gasteiger partial charge on any atom is -0.334 e. The molecule has 1 amide bonds. The van der Waals surface area contributed by atoms with Crippen molar-refractivity contribution < 1.29 is 4.79 Å². The zero-order valence-corrected chi connectivity index (χ0v) is 18.2. The van der Waals surface area contributed by atoms with Crippen molar-refractivity contribution in [1.82, 2.24) is 19.5 Å².